The average molecular weight is 233 g/mol. The molecule has 1 aromatic carbocycles. The summed E-state index contributed by atoms with van der Waals surface area (Å²) in [7, 11) is 0. The zero-order chi connectivity index (χ0) is 12.5. The van der Waals surface area contributed by atoms with Crippen molar-refractivity contribution in [3.8, 4) is 0 Å². The van der Waals surface area contributed by atoms with Crippen molar-refractivity contribution in [2.45, 2.75) is 39.5 Å². The average Bonchev–Trinajstić information content (AvgIpc) is 2.35. The van der Waals surface area contributed by atoms with Crippen molar-refractivity contribution in [1.29, 1.82) is 0 Å². The second-order valence-corrected chi connectivity index (χ2v) is 4.15. The van der Waals surface area contributed by atoms with Gasteiger partial charge in [-0.3, -0.25) is 4.99 Å². The van der Waals surface area contributed by atoms with E-state index in [4.69, 9.17) is 5.73 Å². The third-order valence-corrected chi connectivity index (χ3v) is 2.65. The van der Waals surface area contributed by atoms with Crippen LogP contribution in [0, 0.1) is 0 Å². The predicted octanol–water partition coefficient (Wildman–Crippen LogP) is 3.17. The van der Waals surface area contributed by atoms with Gasteiger partial charge in [0.15, 0.2) is 5.96 Å². The smallest absolute Gasteiger partial charge is 0.193 e. The standard InChI is InChI=1S/C14H23N3/c1-3-5-6-10-16-14(15)17-13-9-7-8-12(4-2)11-13/h7-9,11H,3-6,10H2,1-2H3,(H3,15,16,17). The summed E-state index contributed by atoms with van der Waals surface area (Å²) in [6.07, 6.45) is 4.56. The van der Waals surface area contributed by atoms with E-state index in [9.17, 15) is 0 Å². The Morgan fingerprint density at radius 1 is 1.29 bits per heavy atom. The molecule has 0 aliphatic rings. The molecular formula is C14H23N3. The number of nitrogens with two attached hydrogens (primary N) is 1. The molecule has 0 aromatic heterocycles. The van der Waals surface area contributed by atoms with Gasteiger partial charge in [0.05, 0.1) is 0 Å². The number of benzene rings is 1. The van der Waals surface area contributed by atoms with Crippen molar-refractivity contribution in [3.05, 3.63) is 29.8 Å². The van der Waals surface area contributed by atoms with E-state index in [2.05, 4.69) is 36.3 Å². The minimum Gasteiger partial charge on any atom is -0.370 e. The summed E-state index contributed by atoms with van der Waals surface area (Å²) >= 11 is 0. The topological polar surface area (TPSA) is 50.4 Å². The molecule has 17 heavy (non-hydrogen) atoms. The van der Waals surface area contributed by atoms with Crippen LogP contribution in [-0.4, -0.2) is 12.5 Å². The van der Waals surface area contributed by atoms with Crippen LogP contribution < -0.4 is 11.1 Å². The van der Waals surface area contributed by atoms with Crippen LogP contribution in [-0.2, 0) is 6.42 Å². The number of nitrogens with zero attached hydrogens (tertiary/aromatic N) is 1. The fourth-order valence-corrected chi connectivity index (χ4v) is 1.62. The Balaban J connectivity index is 2.46. The lowest BCUT2D eigenvalue weighted by atomic mass is 10.1. The minimum absolute atomic E-state index is 0.509. The van der Waals surface area contributed by atoms with Gasteiger partial charge in [-0.1, -0.05) is 38.8 Å². The van der Waals surface area contributed by atoms with E-state index < -0.39 is 0 Å². The Morgan fingerprint density at radius 3 is 2.82 bits per heavy atom. The van der Waals surface area contributed by atoms with Crippen LogP contribution in [0.15, 0.2) is 29.3 Å². The van der Waals surface area contributed by atoms with Gasteiger partial charge in [0, 0.05) is 12.2 Å². The van der Waals surface area contributed by atoms with E-state index in [1.165, 1.54) is 18.4 Å². The van der Waals surface area contributed by atoms with Crippen LogP contribution in [0.2, 0.25) is 0 Å². The molecule has 3 N–H and O–H groups in total. The highest BCUT2D eigenvalue weighted by Crippen LogP contribution is 2.10. The Bertz CT molecular complexity index is 358. The highest BCUT2D eigenvalue weighted by Gasteiger charge is 1.96. The summed E-state index contributed by atoms with van der Waals surface area (Å²) in [6, 6.07) is 8.26. The quantitative estimate of drug-likeness (QED) is 0.450. The maximum absolute atomic E-state index is 5.82. The first kappa shape index (κ1) is 13.6. The molecule has 3 nitrogen and oxygen atoms in total. The number of rotatable bonds is 6. The van der Waals surface area contributed by atoms with Crippen LogP contribution in [0.4, 0.5) is 5.69 Å². The molecule has 3 heteroatoms. The van der Waals surface area contributed by atoms with Gasteiger partial charge in [-0.15, -0.1) is 0 Å². The summed E-state index contributed by atoms with van der Waals surface area (Å²) in [4.78, 5) is 4.30. The zero-order valence-electron chi connectivity index (χ0n) is 10.9. The Hall–Kier alpha value is -1.51. The second-order valence-electron chi connectivity index (χ2n) is 4.15. The van der Waals surface area contributed by atoms with Gasteiger partial charge in [-0.2, -0.15) is 0 Å². The van der Waals surface area contributed by atoms with Crippen molar-refractivity contribution in [1.82, 2.24) is 0 Å². The first-order valence-electron chi connectivity index (χ1n) is 6.42. The molecule has 0 saturated heterocycles. The Labute approximate surface area is 104 Å². The van der Waals surface area contributed by atoms with Crippen LogP contribution >= 0.6 is 0 Å². The number of aliphatic imine (C=N–C) groups is 1. The molecule has 0 unspecified atom stereocenters. The zero-order valence-corrected chi connectivity index (χ0v) is 10.9. The summed E-state index contributed by atoms with van der Waals surface area (Å²) in [6.45, 7) is 5.13. The van der Waals surface area contributed by atoms with Crippen LogP contribution in [0.3, 0.4) is 0 Å². The first-order chi connectivity index (χ1) is 8.26. The molecule has 0 spiro atoms. The molecule has 1 aromatic rings. The van der Waals surface area contributed by atoms with Gasteiger partial charge in [-0.05, 0) is 30.5 Å². The van der Waals surface area contributed by atoms with E-state index in [0.717, 1.165) is 25.1 Å². The largest absolute Gasteiger partial charge is 0.370 e. The monoisotopic (exact) mass is 233 g/mol. The number of guanidine groups is 1. The van der Waals surface area contributed by atoms with Gasteiger partial charge in [0.2, 0.25) is 0 Å². The van der Waals surface area contributed by atoms with E-state index in [0.29, 0.717) is 5.96 Å². The predicted molar refractivity (Wildman–Crippen MR) is 75.5 cm³/mol. The third-order valence-electron chi connectivity index (χ3n) is 2.65. The molecule has 0 heterocycles. The normalized spacial score (nSPS) is 11.5. The van der Waals surface area contributed by atoms with Crippen molar-refractivity contribution >= 4 is 11.6 Å². The van der Waals surface area contributed by atoms with Gasteiger partial charge in [0.1, 0.15) is 0 Å². The molecule has 1 rings (SSSR count). The first-order valence-corrected chi connectivity index (χ1v) is 6.42. The highest BCUT2D eigenvalue weighted by molar-refractivity contribution is 5.92. The molecule has 0 fully saturated rings. The summed E-state index contributed by atoms with van der Waals surface area (Å²) < 4.78 is 0. The number of hydrogen-bond donors (Lipinski definition) is 2. The lowest BCUT2D eigenvalue weighted by molar-refractivity contribution is 0.727. The summed E-state index contributed by atoms with van der Waals surface area (Å²) in [5, 5.41) is 3.12. The van der Waals surface area contributed by atoms with Crippen molar-refractivity contribution in [2.75, 3.05) is 11.9 Å². The lowest BCUT2D eigenvalue weighted by Crippen LogP contribution is -2.22. The van der Waals surface area contributed by atoms with E-state index in [1.54, 1.807) is 0 Å². The molecule has 0 aliphatic carbocycles. The van der Waals surface area contributed by atoms with E-state index in [-0.39, 0.29) is 0 Å². The minimum atomic E-state index is 0.509. The van der Waals surface area contributed by atoms with Crippen molar-refractivity contribution < 1.29 is 0 Å². The maximum Gasteiger partial charge on any atom is 0.193 e. The van der Waals surface area contributed by atoms with E-state index in [1.807, 2.05) is 12.1 Å². The van der Waals surface area contributed by atoms with Gasteiger partial charge < -0.3 is 11.1 Å². The van der Waals surface area contributed by atoms with Gasteiger partial charge in [0.25, 0.3) is 0 Å². The SMILES string of the molecule is CCCCCN=C(N)Nc1cccc(CC)c1. The fraction of sp³-hybridized carbons (Fsp3) is 0.500. The van der Waals surface area contributed by atoms with Crippen LogP contribution in [0.1, 0.15) is 38.7 Å². The van der Waals surface area contributed by atoms with Crippen LogP contribution in [0.5, 0.6) is 0 Å². The number of anilines is 1. The molecule has 0 radical (unpaired) electrons. The number of aryl methyl sites for hydroxylation is 1. The molecule has 0 atom stereocenters. The number of nitrogens with one attached hydrogen (secondary N) is 1. The third kappa shape index (κ3) is 5.38. The maximum atomic E-state index is 5.82. The van der Waals surface area contributed by atoms with Gasteiger partial charge in [-0.25, -0.2) is 0 Å². The number of hydrogen-bond acceptors (Lipinski definition) is 1. The number of unbranched alkanes of at least 4 members (excludes halogenated alkanes) is 2. The fourth-order valence-electron chi connectivity index (χ4n) is 1.62. The summed E-state index contributed by atoms with van der Waals surface area (Å²) in [5.74, 6) is 0.509. The van der Waals surface area contributed by atoms with Crippen molar-refractivity contribution in [2.24, 2.45) is 10.7 Å². The molecule has 0 bridgehead atoms. The van der Waals surface area contributed by atoms with Gasteiger partial charge >= 0.3 is 0 Å². The molecular weight excluding hydrogens is 210 g/mol. The van der Waals surface area contributed by atoms with Crippen LogP contribution in [0.25, 0.3) is 0 Å². The molecule has 0 saturated carbocycles. The Kier molecular flexibility index (Phi) is 6.15. The van der Waals surface area contributed by atoms with Crippen molar-refractivity contribution in [3.63, 3.8) is 0 Å². The highest BCUT2D eigenvalue weighted by atomic mass is 15.1. The second kappa shape index (κ2) is 7.71. The lowest BCUT2D eigenvalue weighted by Gasteiger charge is -2.07. The Morgan fingerprint density at radius 2 is 2.12 bits per heavy atom. The van der Waals surface area contributed by atoms with E-state index >= 15 is 0 Å². The molecule has 94 valence electrons. The summed E-state index contributed by atoms with van der Waals surface area (Å²) in [5.41, 5.74) is 8.13. The molecule has 0 amide bonds. The molecule has 0 aliphatic heterocycles.